The average molecular weight is 227 g/mol. The second-order valence-corrected chi connectivity index (χ2v) is 3.86. The Hall–Kier alpha value is -1.03. The number of carboxylic acid groups (broad SMARTS) is 1. The van der Waals surface area contributed by atoms with Crippen LogP contribution in [0.1, 0.15) is 25.8 Å². The van der Waals surface area contributed by atoms with Crippen LogP contribution in [-0.4, -0.2) is 21.8 Å². The lowest BCUT2D eigenvalue weighted by Crippen LogP contribution is -1.95. The van der Waals surface area contributed by atoms with Crippen molar-refractivity contribution in [2.24, 2.45) is 0 Å². The van der Waals surface area contributed by atoms with Gasteiger partial charge in [0.25, 0.3) is 0 Å². The van der Waals surface area contributed by atoms with Crippen LogP contribution >= 0.6 is 11.8 Å². The van der Waals surface area contributed by atoms with Crippen molar-refractivity contribution in [2.45, 2.75) is 32.1 Å². The Bertz CT molecular complexity index is 302. The van der Waals surface area contributed by atoms with E-state index in [9.17, 15) is 4.79 Å². The van der Waals surface area contributed by atoms with E-state index in [-0.39, 0.29) is 6.42 Å². The van der Waals surface area contributed by atoms with E-state index in [2.05, 4.69) is 4.98 Å². The Kier molecular flexibility index (Phi) is 7.72. The molecule has 0 saturated carbocycles. The van der Waals surface area contributed by atoms with E-state index in [1.807, 2.05) is 26.8 Å². The number of hydrogen-bond acceptors (Lipinski definition) is 3. The summed E-state index contributed by atoms with van der Waals surface area (Å²) >= 11 is 1.52. The third kappa shape index (κ3) is 6.96. The molecule has 0 aliphatic carbocycles. The molecule has 0 atom stereocenters. The van der Waals surface area contributed by atoms with Gasteiger partial charge in [-0.3, -0.25) is 9.78 Å². The number of carbonyl (C=O) groups is 1. The summed E-state index contributed by atoms with van der Waals surface area (Å²) < 4.78 is 0. The Labute approximate surface area is 94.9 Å². The van der Waals surface area contributed by atoms with E-state index in [4.69, 9.17) is 5.11 Å². The van der Waals surface area contributed by atoms with Crippen LogP contribution in [0.3, 0.4) is 0 Å². The minimum absolute atomic E-state index is 0.193. The number of aryl methyl sites for hydroxylation is 1. The lowest BCUT2D eigenvalue weighted by Gasteiger charge is -1.99. The monoisotopic (exact) mass is 227 g/mol. The Balaban J connectivity index is 0.000000921. The van der Waals surface area contributed by atoms with Crippen molar-refractivity contribution in [1.29, 1.82) is 0 Å². The molecular weight excluding hydrogens is 210 g/mol. The maximum atomic E-state index is 10.2. The van der Waals surface area contributed by atoms with Crippen molar-refractivity contribution >= 4 is 17.7 Å². The molecule has 0 bridgehead atoms. The first-order valence-corrected chi connectivity index (χ1v) is 5.93. The second kappa shape index (κ2) is 8.29. The highest BCUT2D eigenvalue weighted by atomic mass is 32.2. The molecule has 3 nitrogen and oxygen atoms in total. The lowest BCUT2D eigenvalue weighted by molar-refractivity contribution is -0.136. The third-order valence-corrected chi connectivity index (χ3v) is 2.40. The van der Waals surface area contributed by atoms with Gasteiger partial charge in [-0.2, -0.15) is 0 Å². The van der Waals surface area contributed by atoms with Crippen LogP contribution in [0, 0.1) is 6.92 Å². The van der Waals surface area contributed by atoms with E-state index in [0.29, 0.717) is 5.75 Å². The molecule has 15 heavy (non-hydrogen) atoms. The van der Waals surface area contributed by atoms with Gasteiger partial charge < -0.3 is 5.11 Å². The molecule has 1 aromatic heterocycles. The maximum absolute atomic E-state index is 10.2. The number of carboxylic acids is 1. The predicted octanol–water partition coefficient (Wildman–Crippen LogP) is 2.98. The zero-order chi connectivity index (χ0) is 11.7. The fourth-order valence-electron chi connectivity index (χ4n) is 0.862. The summed E-state index contributed by atoms with van der Waals surface area (Å²) in [4.78, 5) is 15.3. The highest BCUT2D eigenvalue weighted by Gasteiger charge is 1.98. The van der Waals surface area contributed by atoms with Gasteiger partial charge in [0.05, 0.1) is 6.42 Å². The van der Waals surface area contributed by atoms with Gasteiger partial charge >= 0.3 is 5.97 Å². The Morgan fingerprint density at radius 2 is 2.13 bits per heavy atom. The number of nitrogens with zero attached hydrogens (tertiary/aromatic N) is 1. The number of thioether (sulfide) groups is 1. The number of rotatable bonds is 4. The molecule has 1 aromatic rings. The van der Waals surface area contributed by atoms with Gasteiger partial charge in [-0.15, -0.1) is 11.8 Å². The quantitative estimate of drug-likeness (QED) is 0.803. The molecule has 0 spiro atoms. The van der Waals surface area contributed by atoms with Crippen molar-refractivity contribution in [3.05, 3.63) is 24.0 Å². The molecule has 0 aliphatic rings. The number of aromatic nitrogens is 1. The summed E-state index contributed by atoms with van der Waals surface area (Å²) in [5.41, 5.74) is 1.10. The normalized spacial score (nSPS) is 9.00. The largest absolute Gasteiger partial charge is 0.481 e. The van der Waals surface area contributed by atoms with Crippen LogP contribution in [-0.2, 0) is 4.79 Å². The molecule has 4 heteroatoms. The van der Waals surface area contributed by atoms with Gasteiger partial charge in [0.15, 0.2) is 0 Å². The Morgan fingerprint density at radius 3 is 2.67 bits per heavy atom. The van der Waals surface area contributed by atoms with Crippen molar-refractivity contribution in [2.75, 3.05) is 5.75 Å². The van der Waals surface area contributed by atoms with Crippen molar-refractivity contribution in [1.82, 2.24) is 4.98 Å². The van der Waals surface area contributed by atoms with Gasteiger partial charge in [0.1, 0.15) is 0 Å². The first-order valence-electron chi connectivity index (χ1n) is 4.95. The summed E-state index contributed by atoms with van der Waals surface area (Å²) in [6.07, 6.45) is 3.72. The van der Waals surface area contributed by atoms with Gasteiger partial charge in [-0.05, 0) is 18.6 Å². The van der Waals surface area contributed by atoms with Gasteiger partial charge in [0.2, 0.25) is 0 Å². The molecular formula is C11H17NO2S. The minimum Gasteiger partial charge on any atom is -0.481 e. The topological polar surface area (TPSA) is 50.2 Å². The van der Waals surface area contributed by atoms with E-state index in [1.165, 1.54) is 11.8 Å². The summed E-state index contributed by atoms with van der Waals surface area (Å²) in [6, 6.07) is 2.00. The predicted molar refractivity (Wildman–Crippen MR) is 63.3 cm³/mol. The molecule has 0 amide bonds. The summed E-state index contributed by atoms with van der Waals surface area (Å²) in [7, 11) is 0. The number of aliphatic carboxylic acids is 1. The highest BCUT2D eigenvalue weighted by Crippen LogP contribution is 2.18. The minimum atomic E-state index is -0.756. The van der Waals surface area contributed by atoms with Crippen LogP contribution in [0.4, 0.5) is 0 Å². The van der Waals surface area contributed by atoms with Crippen molar-refractivity contribution in [3.8, 4) is 0 Å². The maximum Gasteiger partial charge on any atom is 0.304 e. The molecule has 1 rings (SSSR count). The standard InChI is InChI=1S/C9H11NO2S.C2H6/c1-7-4-8(6-10-5-7)13-3-2-9(11)12;1-2/h4-6H,2-3H2,1H3,(H,11,12);1-2H3. The van der Waals surface area contributed by atoms with Crippen LogP contribution in [0.5, 0.6) is 0 Å². The third-order valence-electron chi connectivity index (χ3n) is 1.43. The zero-order valence-corrected chi connectivity index (χ0v) is 10.2. The fourth-order valence-corrected chi connectivity index (χ4v) is 1.78. The van der Waals surface area contributed by atoms with E-state index >= 15 is 0 Å². The second-order valence-electron chi connectivity index (χ2n) is 2.69. The van der Waals surface area contributed by atoms with Crippen molar-refractivity contribution in [3.63, 3.8) is 0 Å². The number of pyridine rings is 1. The van der Waals surface area contributed by atoms with Crippen LogP contribution in [0.25, 0.3) is 0 Å². The summed E-state index contributed by atoms with van der Waals surface area (Å²) in [6.45, 7) is 5.97. The van der Waals surface area contributed by atoms with E-state index < -0.39 is 5.97 Å². The molecule has 1 heterocycles. The molecule has 84 valence electrons. The molecule has 1 N–H and O–H groups in total. The molecule has 0 unspecified atom stereocenters. The lowest BCUT2D eigenvalue weighted by atomic mass is 10.3. The van der Waals surface area contributed by atoms with Gasteiger partial charge in [-0.25, -0.2) is 0 Å². The van der Waals surface area contributed by atoms with Gasteiger partial charge in [-0.1, -0.05) is 13.8 Å². The van der Waals surface area contributed by atoms with Crippen LogP contribution in [0.2, 0.25) is 0 Å². The first kappa shape index (κ1) is 14.0. The van der Waals surface area contributed by atoms with Gasteiger partial charge in [0, 0.05) is 23.0 Å². The Morgan fingerprint density at radius 1 is 1.47 bits per heavy atom. The molecule has 0 radical (unpaired) electrons. The first-order chi connectivity index (χ1) is 7.18. The molecule has 0 saturated heterocycles. The van der Waals surface area contributed by atoms with E-state index in [1.54, 1.807) is 12.4 Å². The molecule has 0 aliphatic heterocycles. The smallest absolute Gasteiger partial charge is 0.304 e. The molecule has 0 fully saturated rings. The SMILES string of the molecule is CC.Cc1cncc(SCCC(=O)O)c1. The zero-order valence-electron chi connectivity index (χ0n) is 9.36. The number of hydrogen-bond donors (Lipinski definition) is 1. The average Bonchev–Trinajstić information content (AvgIpc) is 2.20. The van der Waals surface area contributed by atoms with Crippen LogP contribution in [0.15, 0.2) is 23.4 Å². The van der Waals surface area contributed by atoms with Crippen LogP contribution < -0.4 is 0 Å². The highest BCUT2D eigenvalue weighted by molar-refractivity contribution is 7.99. The van der Waals surface area contributed by atoms with E-state index in [0.717, 1.165) is 10.5 Å². The summed E-state index contributed by atoms with van der Waals surface area (Å²) in [5.74, 6) is -0.159. The summed E-state index contributed by atoms with van der Waals surface area (Å²) in [5, 5.41) is 8.42. The van der Waals surface area contributed by atoms with Crippen molar-refractivity contribution < 1.29 is 9.90 Å². The fraction of sp³-hybridized carbons (Fsp3) is 0.455. The molecule has 0 aromatic carbocycles.